The van der Waals surface area contributed by atoms with E-state index in [1.165, 1.54) is 4.88 Å². The molecule has 0 radical (unpaired) electrons. The summed E-state index contributed by atoms with van der Waals surface area (Å²) in [4.78, 5) is 13.8. The Balaban J connectivity index is 2.39. The van der Waals surface area contributed by atoms with Crippen LogP contribution < -0.4 is 0 Å². The second-order valence-corrected chi connectivity index (χ2v) is 4.33. The lowest BCUT2D eigenvalue weighted by Gasteiger charge is -1.98. The Morgan fingerprint density at radius 3 is 2.64 bits per heavy atom. The molecule has 0 amide bonds. The molecule has 0 aliphatic carbocycles. The summed E-state index contributed by atoms with van der Waals surface area (Å²) in [5.41, 5.74) is 0. The third-order valence-electron chi connectivity index (χ3n) is 1.90. The number of hydrogen-bond donors (Lipinski definition) is 0. The average Bonchev–Trinajstić information content (AvgIpc) is 2.62. The second-order valence-electron chi connectivity index (χ2n) is 3.07. The van der Waals surface area contributed by atoms with Gasteiger partial charge < -0.3 is 4.74 Å². The molecule has 14 heavy (non-hydrogen) atoms. The van der Waals surface area contributed by atoms with Gasteiger partial charge in [0.25, 0.3) is 0 Å². The largest absolute Gasteiger partial charge is 0.374 e. The molecule has 1 heterocycles. The van der Waals surface area contributed by atoms with E-state index in [9.17, 15) is 4.79 Å². The Morgan fingerprint density at radius 1 is 1.36 bits per heavy atom. The van der Waals surface area contributed by atoms with E-state index in [1.54, 1.807) is 11.3 Å². The molecule has 0 spiro atoms. The zero-order chi connectivity index (χ0) is 10.4. The van der Waals surface area contributed by atoms with Crippen molar-refractivity contribution in [3.63, 3.8) is 0 Å². The molecule has 0 unspecified atom stereocenters. The first-order valence-electron chi connectivity index (χ1n) is 4.93. The SMILES string of the molecule is CCOCC(=O)Cc1ccc(CC)s1. The summed E-state index contributed by atoms with van der Waals surface area (Å²) in [7, 11) is 0. The fraction of sp³-hybridized carbons (Fsp3) is 0.545. The summed E-state index contributed by atoms with van der Waals surface area (Å²) < 4.78 is 5.06. The van der Waals surface area contributed by atoms with Crippen molar-refractivity contribution in [3.05, 3.63) is 21.9 Å². The average molecular weight is 212 g/mol. The van der Waals surface area contributed by atoms with Crippen molar-refractivity contribution >= 4 is 17.1 Å². The number of aryl methyl sites for hydroxylation is 1. The lowest BCUT2D eigenvalue weighted by Crippen LogP contribution is -2.10. The lowest BCUT2D eigenvalue weighted by atomic mass is 10.2. The van der Waals surface area contributed by atoms with E-state index >= 15 is 0 Å². The van der Waals surface area contributed by atoms with Gasteiger partial charge in [-0.15, -0.1) is 11.3 Å². The fourth-order valence-electron chi connectivity index (χ4n) is 1.17. The fourth-order valence-corrected chi connectivity index (χ4v) is 2.16. The zero-order valence-corrected chi connectivity index (χ0v) is 9.52. The van der Waals surface area contributed by atoms with Crippen LogP contribution in [0, 0.1) is 0 Å². The smallest absolute Gasteiger partial charge is 0.163 e. The van der Waals surface area contributed by atoms with Crippen molar-refractivity contribution in [1.29, 1.82) is 0 Å². The van der Waals surface area contributed by atoms with E-state index < -0.39 is 0 Å². The summed E-state index contributed by atoms with van der Waals surface area (Å²) in [6.07, 6.45) is 1.56. The van der Waals surface area contributed by atoms with Gasteiger partial charge in [0.1, 0.15) is 6.61 Å². The molecule has 0 saturated heterocycles. The van der Waals surface area contributed by atoms with Crippen LogP contribution in [0.1, 0.15) is 23.6 Å². The molecular formula is C11H16O2S. The highest BCUT2D eigenvalue weighted by Crippen LogP contribution is 2.17. The van der Waals surface area contributed by atoms with Crippen molar-refractivity contribution in [2.75, 3.05) is 13.2 Å². The first-order chi connectivity index (χ1) is 6.76. The number of Topliss-reactive ketones (excluding diaryl/α,β-unsaturated/α-hetero) is 1. The number of rotatable bonds is 6. The maximum atomic E-state index is 11.4. The predicted molar refractivity (Wildman–Crippen MR) is 58.9 cm³/mol. The number of thiophene rings is 1. The molecule has 1 aromatic heterocycles. The molecule has 0 saturated carbocycles. The number of carbonyl (C=O) groups excluding carboxylic acids is 1. The molecule has 0 aliphatic heterocycles. The van der Waals surface area contributed by atoms with Gasteiger partial charge >= 0.3 is 0 Å². The minimum atomic E-state index is 0.163. The highest BCUT2D eigenvalue weighted by atomic mass is 32.1. The van der Waals surface area contributed by atoms with Crippen LogP contribution in [-0.2, 0) is 22.4 Å². The van der Waals surface area contributed by atoms with E-state index in [0.29, 0.717) is 13.0 Å². The summed E-state index contributed by atoms with van der Waals surface area (Å²) in [6, 6.07) is 4.13. The quantitative estimate of drug-likeness (QED) is 0.724. The van der Waals surface area contributed by atoms with Crippen LogP contribution in [-0.4, -0.2) is 19.0 Å². The Kier molecular flexibility index (Phi) is 4.84. The molecular weight excluding hydrogens is 196 g/mol. The van der Waals surface area contributed by atoms with Gasteiger partial charge in [-0.25, -0.2) is 0 Å². The maximum Gasteiger partial charge on any atom is 0.163 e. The third-order valence-corrected chi connectivity index (χ3v) is 3.13. The highest BCUT2D eigenvalue weighted by Gasteiger charge is 2.05. The first kappa shape index (κ1) is 11.4. The Bertz CT molecular complexity index is 291. The molecule has 0 N–H and O–H groups in total. The first-order valence-corrected chi connectivity index (χ1v) is 5.75. The summed E-state index contributed by atoms with van der Waals surface area (Å²) in [5, 5.41) is 0. The van der Waals surface area contributed by atoms with E-state index in [2.05, 4.69) is 13.0 Å². The van der Waals surface area contributed by atoms with Gasteiger partial charge in [0.15, 0.2) is 5.78 Å². The molecule has 1 aromatic rings. The molecule has 1 rings (SSSR count). The monoisotopic (exact) mass is 212 g/mol. The van der Waals surface area contributed by atoms with Crippen molar-refractivity contribution < 1.29 is 9.53 Å². The van der Waals surface area contributed by atoms with E-state index in [1.807, 2.05) is 13.0 Å². The highest BCUT2D eigenvalue weighted by molar-refractivity contribution is 7.12. The van der Waals surface area contributed by atoms with Crippen LogP contribution in [0.3, 0.4) is 0 Å². The van der Waals surface area contributed by atoms with Crippen LogP contribution in [0.15, 0.2) is 12.1 Å². The molecule has 0 fully saturated rings. The lowest BCUT2D eigenvalue weighted by molar-refractivity contribution is -0.122. The Labute approximate surface area is 88.9 Å². The van der Waals surface area contributed by atoms with Crippen LogP contribution in [0.5, 0.6) is 0 Å². The van der Waals surface area contributed by atoms with Crippen LogP contribution in [0.25, 0.3) is 0 Å². The van der Waals surface area contributed by atoms with Crippen LogP contribution in [0.2, 0.25) is 0 Å². The Hall–Kier alpha value is -0.670. The molecule has 0 aromatic carbocycles. The van der Waals surface area contributed by atoms with Crippen molar-refractivity contribution in [3.8, 4) is 0 Å². The van der Waals surface area contributed by atoms with Crippen molar-refractivity contribution in [2.24, 2.45) is 0 Å². The molecule has 0 aliphatic rings. The topological polar surface area (TPSA) is 26.3 Å². The summed E-state index contributed by atoms with van der Waals surface area (Å²) in [5.74, 6) is 0.163. The normalized spacial score (nSPS) is 10.4. The Morgan fingerprint density at radius 2 is 2.07 bits per heavy atom. The van der Waals surface area contributed by atoms with Gasteiger partial charge in [-0.05, 0) is 25.5 Å². The third kappa shape index (κ3) is 3.60. The standard InChI is InChI=1S/C11H16O2S/c1-3-10-5-6-11(14-10)7-9(12)8-13-4-2/h5-6H,3-4,7-8H2,1-2H3. The van der Waals surface area contributed by atoms with E-state index in [-0.39, 0.29) is 12.4 Å². The number of hydrogen-bond acceptors (Lipinski definition) is 3. The van der Waals surface area contributed by atoms with Gasteiger partial charge in [-0.3, -0.25) is 4.79 Å². The molecule has 78 valence electrons. The van der Waals surface area contributed by atoms with Crippen molar-refractivity contribution in [1.82, 2.24) is 0 Å². The zero-order valence-electron chi connectivity index (χ0n) is 8.71. The molecule has 0 atom stereocenters. The number of ketones is 1. The van der Waals surface area contributed by atoms with Crippen LogP contribution >= 0.6 is 11.3 Å². The van der Waals surface area contributed by atoms with Gasteiger partial charge in [-0.1, -0.05) is 6.92 Å². The molecule has 3 heteroatoms. The van der Waals surface area contributed by atoms with E-state index in [0.717, 1.165) is 11.3 Å². The van der Waals surface area contributed by atoms with Gasteiger partial charge in [0.2, 0.25) is 0 Å². The molecule has 0 bridgehead atoms. The minimum absolute atomic E-state index is 0.163. The van der Waals surface area contributed by atoms with Crippen molar-refractivity contribution in [2.45, 2.75) is 26.7 Å². The van der Waals surface area contributed by atoms with Gasteiger partial charge in [0, 0.05) is 22.8 Å². The number of carbonyl (C=O) groups is 1. The van der Waals surface area contributed by atoms with E-state index in [4.69, 9.17) is 4.74 Å². The van der Waals surface area contributed by atoms with Crippen LogP contribution in [0.4, 0.5) is 0 Å². The summed E-state index contributed by atoms with van der Waals surface area (Å²) >= 11 is 1.72. The van der Waals surface area contributed by atoms with Gasteiger partial charge in [0.05, 0.1) is 0 Å². The summed E-state index contributed by atoms with van der Waals surface area (Å²) in [6.45, 7) is 4.87. The maximum absolute atomic E-state index is 11.4. The molecule has 2 nitrogen and oxygen atoms in total. The van der Waals surface area contributed by atoms with Gasteiger partial charge in [-0.2, -0.15) is 0 Å². The minimum Gasteiger partial charge on any atom is -0.374 e. The number of ether oxygens (including phenoxy) is 1. The predicted octanol–water partition coefficient (Wildman–Crippen LogP) is 2.46. The second kappa shape index (κ2) is 5.94.